The number of nitrogens with one attached hydrogen (secondary N) is 2. The zero-order valence-electron chi connectivity index (χ0n) is 13.2. The number of aryl methyl sites for hydroxylation is 1. The molecule has 6 heteroatoms. The molecule has 1 aromatic heterocycles. The molecule has 0 bridgehead atoms. The maximum absolute atomic E-state index is 12.0. The second kappa shape index (κ2) is 7.19. The second-order valence-corrected chi connectivity index (χ2v) is 5.91. The highest BCUT2D eigenvalue weighted by atomic mass is 35.5. The molecule has 0 fully saturated rings. The Morgan fingerprint density at radius 3 is 2.75 bits per heavy atom. The number of anilines is 2. The van der Waals surface area contributed by atoms with Crippen LogP contribution < -0.4 is 10.6 Å². The quantitative estimate of drug-likeness (QED) is 0.732. The number of nitrogens with zero attached hydrogens (tertiary/aromatic N) is 2. The molecule has 5 nitrogen and oxygen atoms in total. The lowest BCUT2D eigenvalue weighted by Gasteiger charge is -2.06. The molecule has 0 aliphatic rings. The van der Waals surface area contributed by atoms with Crippen molar-refractivity contribution in [3.63, 3.8) is 0 Å². The van der Waals surface area contributed by atoms with Crippen LogP contribution in [0.25, 0.3) is 0 Å². The molecule has 122 valence electrons. The van der Waals surface area contributed by atoms with E-state index in [0.717, 1.165) is 5.56 Å². The van der Waals surface area contributed by atoms with Gasteiger partial charge in [0.15, 0.2) is 5.82 Å². The summed E-state index contributed by atoms with van der Waals surface area (Å²) in [5.74, 6) is 0.488. The van der Waals surface area contributed by atoms with E-state index in [1.807, 2.05) is 18.3 Å². The maximum atomic E-state index is 12.0. The Morgan fingerprint density at radius 1 is 1.12 bits per heavy atom. The summed E-state index contributed by atoms with van der Waals surface area (Å²) in [7, 11) is 0. The average molecular weight is 341 g/mol. The molecule has 0 saturated carbocycles. The van der Waals surface area contributed by atoms with E-state index in [-0.39, 0.29) is 6.03 Å². The average Bonchev–Trinajstić information content (AvgIpc) is 2.94. The topological polar surface area (TPSA) is 59.0 Å². The zero-order chi connectivity index (χ0) is 16.9. The first-order valence-corrected chi connectivity index (χ1v) is 7.89. The fourth-order valence-electron chi connectivity index (χ4n) is 2.36. The molecule has 0 unspecified atom stereocenters. The van der Waals surface area contributed by atoms with Gasteiger partial charge in [-0.1, -0.05) is 47.5 Å². The van der Waals surface area contributed by atoms with Crippen molar-refractivity contribution in [2.24, 2.45) is 0 Å². The first-order chi connectivity index (χ1) is 11.6. The summed E-state index contributed by atoms with van der Waals surface area (Å²) >= 11 is 5.89. The van der Waals surface area contributed by atoms with E-state index in [0.29, 0.717) is 23.1 Å². The smallest absolute Gasteiger partial charge is 0.308 e. The Balaban J connectivity index is 1.60. The molecular formula is C18H17ClN4O. The van der Waals surface area contributed by atoms with Crippen molar-refractivity contribution < 1.29 is 4.79 Å². The highest BCUT2D eigenvalue weighted by Gasteiger charge is 2.06. The molecule has 3 rings (SSSR count). The monoisotopic (exact) mass is 340 g/mol. The van der Waals surface area contributed by atoms with Gasteiger partial charge in [0, 0.05) is 23.0 Å². The molecule has 24 heavy (non-hydrogen) atoms. The minimum atomic E-state index is -0.363. The van der Waals surface area contributed by atoms with Crippen molar-refractivity contribution in [1.29, 1.82) is 0 Å². The van der Waals surface area contributed by atoms with Gasteiger partial charge < -0.3 is 5.32 Å². The molecule has 0 atom stereocenters. The summed E-state index contributed by atoms with van der Waals surface area (Å²) in [6.45, 7) is 2.71. The minimum absolute atomic E-state index is 0.363. The molecule has 2 N–H and O–H groups in total. The summed E-state index contributed by atoms with van der Waals surface area (Å²) in [4.78, 5) is 12.0. The Hall–Kier alpha value is -2.79. The van der Waals surface area contributed by atoms with Crippen molar-refractivity contribution in [2.45, 2.75) is 13.5 Å². The molecular weight excluding hydrogens is 324 g/mol. The van der Waals surface area contributed by atoms with Crippen LogP contribution in [-0.2, 0) is 6.54 Å². The summed E-state index contributed by atoms with van der Waals surface area (Å²) in [5.41, 5.74) is 2.99. The van der Waals surface area contributed by atoms with Crippen LogP contribution in [0.3, 0.4) is 0 Å². The Morgan fingerprint density at radius 2 is 1.96 bits per heavy atom. The molecule has 2 aromatic carbocycles. The van der Waals surface area contributed by atoms with Crippen LogP contribution in [0.2, 0.25) is 5.02 Å². The SMILES string of the molecule is Cc1cccc(Cn2ccc(NC(=O)Nc3cccc(Cl)c3)n2)c1. The molecule has 0 aliphatic carbocycles. The molecule has 0 saturated heterocycles. The Labute approximate surface area is 145 Å². The number of carbonyl (C=O) groups excluding carboxylic acids is 1. The van der Waals surface area contributed by atoms with Crippen molar-refractivity contribution in [1.82, 2.24) is 9.78 Å². The Kier molecular flexibility index (Phi) is 4.82. The van der Waals surface area contributed by atoms with Gasteiger partial charge in [0.25, 0.3) is 0 Å². The van der Waals surface area contributed by atoms with Gasteiger partial charge >= 0.3 is 6.03 Å². The highest BCUT2D eigenvalue weighted by Crippen LogP contribution is 2.15. The first kappa shape index (κ1) is 16.1. The number of rotatable bonds is 4. The summed E-state index contributed by atoms with van der Waals surface area (Å²) in [6.07, 6.45) is 1.83. The molecule has 3 aromatic rings. The van der Waals surface area contributed by atoms with Crippen LogP contribution in [0.5, 0.6) is 0 Å². The van der Waals surface area contributed by atoms with Crippen molar-refractivity contribution >= 4 is 29.1 Å². The van der Waals surface area contributed by atoms with E-state index >= 15 is 0 Å². The third kappa shape index (κ3) is 4.36. The number of halogens is 1. The van der Waals surface area contributed by atoms with Crippen LogP contribution in [0, 0.1) is 6.92 Å². The van der Waals surface area contributed by atoms with Gasteiger partial charge in [0.05, 0.1) is 6.54 Å². The van der Waals surface area contributed by atoms with Crippen molar-refractivity contribution in [3.8, 4) is 0 Å². The van der Waals surface area contributed by atoms with Crippen LogP contribution in [0.1, 0.15) is 11.1 Å². The predicted octanol–water partition coefficient (Wildman–Crippen LogP) is 4.54. The minimum Gasteiger partial charge on any atom is -0.308 e. The molecule has 0 radical (unpaired) electrons. The van der Waals surface area contributed by atoms with E-state index in [1.54, 1.807) is 35.0 Å². The lowest BCUT2D eigenvalue weighted by Crippen LogP contribution is -2.19. The van der Waals surface area contributed by atoms with Gasteiger partial charge in [-0.25, -0.2) is 4.79 Å². The van der Waals surface area contributed by atoms with Gasteiger partial charge in [-0.15, -0.1) is 0 Å². The molecule has 0 aliphatic heterocycles. The van der Waals surface area contributed by atoms with Gasteiger partial charge in [0.1, 0.15) is 0 Å². The maximum Gasteiger partial charge on any atom is 0.324 e. The summed E-state index contributed by atoms with van der Waals surface area (Å²) in [5, 5.41) is 10.3. The highest BCUT2D eigenvalue weighted by molar-refractivity contribution is 6.30. The standard InChI is InChI=1S/C18H17ClN4O/c1-13-4-2-5-14(10-13)12-23-9-8-17(22-23)21-18(24)20-16-7-3-6-15(19)11-16/h2-11H,12H2,1H3,(H2,20,21,22,24). The van der Waals surface area contributed by atoms with Crippen molar-refractivity contribution in [3.05, 3.63) is 76.9 Å². The van der Waals surface area contributed by atoms with E-state index in [2.05, 4.69) is 34.8 Å². The fourth-order valence-corrected chi connectivity index (χ4v) is 2.55. The van der Waals surface area contributed by atoms with Gasteiger partial charge in [-0.05, 0) is 30.7 Å². The number of hydrogen-bond acceptors (Lipinski definition) is 2. The van der Waals surface area contributed by atoms with Crippen molar-refractivity contribution in [2.75, 3.05) is 10.6 Å². The molecule has 1 heterocycles. The zero-order valence-corrected chi connectivity index (χ0v) is 13.9. The van der Waals surface area contributed by atoms with Crippen LogP contribution in [0.4, 0.5) is 16.3 Å². The third-order valence-corrected chi connectivity index (χ3v) is 3.63. The lowest BCUT2D eigenvalue weighted by atomic mass is 10.1. The fraction of sp³-hybridized carbons (Fsp3) is 0.111. The number of amides is 2. The first-order valence-electron chi connectivity index (χ1n) is 7.51. The van der Waals surface area contributed by atoms with Gasteiger partial charge in [0.2, 0.25) is 0 Å². The third-order valence-electron chi connectivity index (χ3n) is 3.39. The van der Waals surface area contributed by atoms with Crippen LogP contribution >= 0.6 is 11.6 Å². The number of carbonyl (C=O) groups is 1. The Bertz CT molecular complexity index is 859. The molecule has 0 spiro atoms. The second-order valence-electron chi connectivity index (χ2n) is 5.48. The number of aromatic nitrogens is 2. The van der Waals surface area contributed by atoms with E-state index in [4.69, 9.17) is 11.6 Å². The number of urea groups is 1. The predicted molar refractivity (Wildman–Crippen MR) is 96.6 cm³/mol. The normalized spacial score (nSPS) is 10.4. The van der Waals surface area contributed by atoms with E-state index in [1.165, 1.54) is 5.56 Å². The molecule has 2 amide bonds. The summed E-state index contributed by atoms with van der Waals surface area (Å²) < 4.78 is 1.78. The largest absolute Gasteiger partial charge is 0.324 e. The number of benzene rings is 2. The van der Waals surface area contributed by atoms with Gasteiger partial charge in [-0.2, -0.15) is 5.10 Å². The van der Waals surface area contributed by atoms with Crippen LogP contribution in [0.15, 0.2) is 60.8 Å². The van der Waals surface area contributed by atoms with Crippen LogP contribution in [-0.4, -0.2) is 15.8 Å². The van der Waals surface area contributed by atoms with E-state index < -0.39 is 0 Å². The number of hydrogen-bond donors (Lipinski definition) is 2. The van der Waals surface area contributed by atoms with E-state index in [9.17, 15) is 4.79 Å². The van der Waals surface area contributed by atoms with Gasteiger partial charge in [-0.3, -0.25) is 10.00 Å². The summed E-state index contributed by atoms with van der Waals surface area (Å²) in [6, 6.07) is 16.6. The lowest BCUT2D eigenvalue weighted by molar-refractivity contribution is 0.262.